The van der Waals surface area contributed by atoms with Crippen LogP contribution in [0.2, 0.25) is 0 Å². The number of benzene rings is 2. The molecule has 0 spiro atoms. The quantitative estimate of drug-likeness (QED) is 0.823. The van der Waals surface area contributed by atoms with Crippen LogP contribution in [0.4, 0.5) is 17.1 Å². The summed E-state index contributed by atoms with van der Waals surface area (Å²) in [6.45, 7) is 3.32. The number of nitrogens with zero attached hydrogens (tertiary/aromatic N) is 1. The highest BCUT2D eigenvalue weighted by Gasteiger charge is 2.15. The molecule has 3 rings (SSSR count). The number of anilines is 3. The second kappa shape index (κ2) is 8.17. The van der Waals surface area contributed by atoms with Crippen LogP contribution < -0.4 is 15.5 Å². The molecule has 2 aromatic rings. The number of carbonyl (C=O) groups excluding carboxylic acids is 1. The molecule has 0 saturated carbocycles. The molecular weight excluding hydrogens is 370 g/mol. The molecule has 0 atom stereocenters. The van der Waals surface area contributed by atoms with Gasteiger partial charge in [0.25, 0.3) is 0 Å². The number of hydrogen-bond donors (Lipinski definition) is 2. The predicted molar refractivity (Wildman–Crippen MR) is 101 cm³/mol. The van der Waals surface area contributed by atoms with Crippen LogP contribution in [0.1, 0.15) is 0 Å². The lowest BCUT2D eigenvalue weighted by molar-refractivity contribution is -0.114. The lowest BCUT2D eigenvalue weighted by atomic mass is 10.2. The van der Waals surface area contributed by atoms with Crippen LogP contribution in [0.3, 0.4) is 0 Å². The fourth-order valence-electron chi connectivity index (χ4n) is 2.63. The first kappa shape index (κ1) is 16.8. The number of hydrogen-bond acceptors (Lipinski definition) is 4. The van der Waals surface area contributed by atoms with Crippen LogP contribution in [0.15, 0.2) is 53.0 Å². The van der Waals surface area contributed by atoms with Crippen molar-refractivity contribution in [2.45, 2.75) is 0 Å². The molecule has 6 heteroatoms. The molecule has 1 amide bonds. The molecule has 2 N–H and O–H groups in total. The van der Waals surface area contributed by atoms with Crippen molar-refractivity contribution >= 4 is 38.9 Å². The van der Waals surface area contributed by atoms with Crippen molar-refractivity contribution in [1.29, 1.82) is 0 Å². The van der Waals surface area contributed by atoms with Crippen molar-refractivity contribution in [3.05, 3.63) is 53.0 Å². The topological polar surface area (TPSA) is 53.6 Å². The first-order chi connectivity index (χ1) is 11.7. The van der Waals surface area contributed by atoms with Crippen LogP contribution >= 0.6 is 15.9 Å². The maximum Gasteiger partial charge on any atom is 0.243 e. The molecule has 0 aromatic heterocycles. The molecule has 0 radical (unpaired) electrons. The summed E-state index contributed by atoms with van der Waals surface area (Å²) in [5.74, 6) is -0.0734. The number of amides is 1. The maximum atomic E-state index is 12.3. The minimum absolute atomic E-state index is 0.0734. The number of ether oxygens (including phenoxy) is 1. The molecule has 0 aliphatic carbocycles. The summed E-state index contributed by atoms with van der Waals surface area (Å²) in [4.78, 5) is 14.5. The van der Waals surface area contributed by atoms with E-state index in [1.165, 1.54) is 0 Å². The van der Waals surface area contributed by atoms with Crippen molar-refractivity contribution in [2.75, 3.05) is 48.4 Å². The summed E-state index contributed by atoms with van der Waals surface area (Å²) >= 11 is 3.42. The number of nitrogens with one attached hydrogen (secondary N) is 2. The summed E-state index contributed by atoms with van der Waals surface area (Å²) in [5, 5.41) is 6.13. The number of carbonyl (C=O) groups is 1. The number of morpholine rings is 1. The van der Waals surface area contributed by atoms with Crippen LogP contribution in [0.25, 0.3) is 0 Å². The third kappa shape index (κ3) is 4.49. The van der Waals surface area contributed by atoms with Gasteiger partial charge in [-0.3, -0.25) is 4.79 Å². The van der Waals surface area contributed by atoms with Crippen LogP contribution in [0, 0.1) is 0 Å². The van der Waals surface area contributed by atoms with E-state index in [0.717, 1.165) is 34.6 Å². The molecular formula is C18H20BrN3O2. The maximum absolute atomic E-state index is 12.3. The lowest BCUT2D eigenvalue weighted by Crippen LogP contribution is -2.37. The molecule has 1 aliphatic rings. The van der Waals surface area contributed by atoms with Crippen LogP contribution in [-0.4, -0.2) is 38.8 Å². The Hall–Kier alpha value is -2.05. The van der Waals surface area contributed by atoms with Gasteiger partial charge in [-0.15, -0.1) is 0 Å². The Morgan fingerprint density at radius 1 is 1.12 bits per heavy atom. The van der Waals surface area contributed by atoms with E-state index in [-0.39, 0.29) is 12.5 Å². The van der Waals surface area contributed by atoms with Crippen molar-refractivity contribution in [1.82, 2.24) is 0 Å². The van der Waals surface area contributed by atoms with Gasteiger partial charge >= 0.3 is 0 Å². The molecule has 1 aliphatic heterocycles. The van der Waals surface area contributed by atoms with Gasteiger partial charge in [0, 0.05) is 23.2 Å². The predicted octanol–water partition coefficient (Wildman–Crippen LogP) is 3.34. The Balaban J connectivity index is 1.62. The van der Waals surface area contributed by atoms with Crippen LogP contribution in [-0.2, 0) is 9.53 Å². The minimum atomic E-state index is -0.0734. The van der Waals surface area contributed by atoms with Gasteiger partial charge in [-0.25, -0.2) is 0 Å². The van der Waals surface area contributed by atoms with Crippen molar-refractivity contribution < 1.29 is 9.53 Å². The number of halogens is 1. The van der Waals surface area contributed by atoms with Gasteiger partial charge in [0.05, 0.1) is 31.1 Å². The van der Waals surface area contributed by atoms with Crippen LogP contribution in [0.5, 0.6) is 0 Å². The zero-order valence-corrected chi connectivity index (χ0v) is 14.9. The molecule has 24 heavy (non-hydrogen) atoms. The summed E-state index contributed by atoms with van der Waals surface area (Å²) in [6.07, 6.45) is 0. The number of para-hydroxylation sites is 2. The monoisotopic (exact) mass is 389 g/mol. The Morgan fingerprint density at radius 2 is 1.92 bits per heavy atom. The van der Waals surface area contributed by atoms with E-state index in [2.05, 4.69) is 31.5 Å². The van der Waals surface area contributed by atoms with Gasteiger partial charge in [-0.05, 0) is 30.3 Å². The van der Waals surface area contributed by atoms with E-state index < -0.39 is 0 Å². The van der Waals surface area contributed by atoms with Crippen molar-refractivity contribution in [3.8, 4) is 0 Å². The van der Waals surface area contributed by atoms with Gasteiger partial charge in [-0.2, -0.15) is 0 Å². The highest BCUT2D eigenvalue weighted by Crippen LogP contribution is 2.26. The first-order valence-corrected chi connectivity index (χ1v) is 8.73. The second-order valence-electron chi connectivity index (χ2n) is 5.53. The van der Waals surface area contributed by atoms with Gasteiger partial charge in [-0.1, -0.05) is 34.1 Å². The molecule has 1 saturated heterocycles. The zero-order valence-electron chi connectivity index (χ0n) is 13.3. The second-order valence-corrected chi connectivity index (χ2v) is 6.44. The van der Waals surface area contributed by atoms with Crippen molar-refractivity contribution in [3.63, 3.8) is 0 Å². The first-order valence-electron chi connectivity index (χ1n) is 7.93. The van der Waals surface area contributed by atoms with E-state index in [9.17, 15) is 4.79 Å². The Morgan fingerprint density at radius 3 is 2.71 bits per heavy atom. The average Bonchev–Trinajstić information content (AvgIpc) is 2.61. The highest BCUT2D eigenvalue weighted by molar-refractivity contribution is 9.10. The summed E-state index contributed by atoms with van der Waals surface area (Å²) in [7, 11) is 0. The van der Waals surface area contributed by atoms with E-state index in [1.54, 1.807) is 0 Å². The van der Waals surface area contributed by atoms with Gasteiger partial charge in [0.15, 0.2) is 0 Å². The molecule has 0 unspecified atom stereocenters. The molecule has 2 aromatic carbocycles. The largest absolute Gasteiger partial charge is 0.378 e. The highest BCUT2D eigenvalue weighted by atomic mass is 79.9. The van der Waals surface area contributed by atoms with Crippen molar-refractivity contribution in [2.24, 2.45) is 0 Å². The number of rotatable bonds is 5. The molecule has 0 bridgehead atoms. The fraction of sp³-hybridized carbons (Fsp3) is 0.278. The van der Waals surface area contributed by atoms with E-state index in [4.69, 9.17) is 4.74 Å². The molecule has 1 heterocycles. The van der Waals surface area contributed by atoms with E-state index in [0.29, 0.717) is 13.2 Å². The minimum Gasteiger partial charge on any atom is -0.378 e. The molecule has 5 nitrogen and oxygen atoms in total. The SMILES string of the molecule is O=C(CNc1cccc(Br)c1)Nc1ccccc1N1CCOCC1. The summed E-state index contributed by atoms with van der Waals surface area (Å²) in [5.41, 5.74) is 2.78. The van der Waals surface area contributed by atoms with Gasteiger partial charge in [0.2, 0.25) is 5.91 Å². The third-order valence-corrected chi connectivity index (χ3v) is 4.30. The fourth-order valence-corrected chi connectivity index (χ4v) is 3.03. The van der Waals surface area contributed by atoms with E-state index >= 15 is 0 Å². The normalized spacial score (nSPS) is 14.3. The van der Waals surface area contributed by atoms with Gasteiger partial charge < -0.3 is 20.3 Å². The van der Waals surface area contributed by atoms with Gasteiger partial charge in [0.1, 0.15) is 0 Å². The zero-order chi connectivity index (χ0) is 16.8. The molecule has 126 valence electrons. The summed E-state index contributed by atoms with van der Waals surface area (Å²) in [6, 6.07) is 15.6. The Kier molecular flexibility index (Phi) is 5.72. The Labute approximate surface area is 150 Å². The lowest BCUT2D eigenvalue weighted by Gasteiger charge is -2.30. The Bertz CT molecular complexity index is 702. The smallest absolute Gasteiger partial charge is 0.243 e. The summed E-state index contributed by atoms with van der Waals surface area (Å²) < 4.78 is 6.37. The molecule has 1 fully saturated rings. The van der Waals surface area contributed by atoms with E-state index in [1.807, 2.05) is 48.5 Å². The average molecular weight is 390 g/mol. The standard InChI is InChI=1S/C18H20BrN3O2/c19-14-4-3-5-15(12-14)20-13-18(23)21-16-6-1-2-7-17(16)22-8-10-24-11-9-22/h1-7,12,20H,8-11,13H2,(H,21,23). The third-order valence-electron chi connectivity index (χ3n) is 3.81.